The summed E-state index contributed by atoms with van der Waals surface area (Å²) in [5.41, 5.74) is 12.5. The van der Waals surface area contributed by atoms with Crippen LogP contribution in [0.3, 0.4) is 0 Å². The van der Waals surface area contributed by atoms with Crippen LogP contribution in [0.1, 0.15) is 22.3 Å². The van der Waals surface area contributed by atoms with Crippen molar-refractivity contribution in [2.75, 3.05) is 5.32 Å². The van der Waals surface area contributed by atoms with Gasteiger partial charge in [-0.2, -0.15) is 0 Å². The van der Waals surface area contributed by atoms with E-state index in [4.69, 9.17) is 0 Å². The minimum absolute atomic E-state index is 0.375. The fraction of sp³-hybridized carbons (Fsp3) is 0.0233. The molecule has 1 N–H and O–H groups in total. The van der Waals surface area contributed by atoms with Gasteiger partial charge in [0.05, 0.1) is 15.8 Å². The van der Waals surface area contributed by atoms with Crippen LogP contribution < -0.4 is 5.32 Å². The highest BCUT2D eigenvalue weighted by atomic mass is 32.2. The van der Waals surface area contributed by atoms with Crippen LogP contribution in [0.2, 0.25) is 0 Å². The number of nitrogens with one attached hydrogen (secondary N) is 1. The highest BCUT2D eigenvalue weighted by molar-refractivity contribution is 7.99. The van der Waals surface area contributed by atoms with Crippen molar-refractivity contribution in [1.29, 1.82) is 0 Å². The zero-order valence-electron chi connectivity index (χ0n) is 24.8. The number of hydrogen-bond acceptors (Lipinski definition) is 3. The Bertz CT molecular complexity index is 2440. The first kappa shape index (κ1) is 26.2. The van der Waals surface area contributed by atoms with Crippen molar-refractivity contribution in [3.05, 3.63) is 180 Å². The first-order chi connectivity index (χ1) is 22.8. The van der Waals surface area contributed by atoms with Gasteiger partial charge in [-0.15, -0.1) is 11.3 Å². The lowest BCUT2D eigenvalue weighted by Gasteiger charge is -2.40. The van der Waals surface area contributed by atoms with Gasteiger partial charge in [-0.3, -0.25) is 0 Å². The van der Waals surface area contributed by atoms with Crippen molar-refractivity contribution < 1.29 is 0 Å². The van der Waals surface area contributed by atoms with Gasteiger partial charge in [0.2, 0.25) is 0 Å². The average molecular weight is 622 g/mol. The summed E-state index contributed by atoms with van der Waals surface area (Å²) in [6, 6.07) is 58.2. The molecule has 0 bridgehead atoms. The van der Waals surface area contributed by atoms with E-state index in [0.29, 0.717) is 0 Å². The molecule has 0 fully saturated rings. The molecule has 2 heterocycles. The minimum atomic E-state index is -0.375. The number of benzene rings is 7. The predicted octanol–water partition coefficient (Wildman–Crippen LogP) is 12.3. The minimum Gasteiger partial charge on any atom is -0.354 e. The molecular weight excluding hydrogens is 595 g/mol. The fourth-order valence-corrected chi connectivity index (χ4v) is 10.2. The molecule has 2 aliphatic rings. The van der Waals surface area contributed by atoms with Gasteiger partial charge in [0.25, 0.3) is 0 Å². The summed E-state index contributed by atoms with van der Waals surface area (Å²) in [6.45, 7) is 0. The second-order valence-electron chi connectivity index (χ2n) is 12.1. The Balaban J connectivity index is 1.14. The molecule has 0 saturated carbocycles. The van der Waals surface area contributed by atoms with Crippen LogP contribution in [0.4, 0.5) is 11.4 Å². The number of rotatable bonds is 3. The summed E-state index contributed by atoms with van der Waals surface area (Å²) < 4.78 is 2.59. The van der Waals surface area contributed by atoms with E-state index in [-0.39, 0.29) is 5.41 Å². The van der Waals surface area contributed by atoms with Crippen LogP contribution in [-0.4, -0.2) is 0 Å². The lowest BCUT2D eigenvalue weighted by Crippen LogP contribution is -2.32. The Kier molecular flexibility index (Phi) is 5.66. The van der Waals surface area contributed by atoms with Gasteiger partial charge in [0.1, 0.15) is 0 Å². The first-order valence-electron chi connectivity index (χ1n) is 15.7. The summed E-state index contributed by atoms with van der Waals surface area (Å²) in [6.07, 6.45) is 0. The maximum Gasteiger partial charge on any atom is 0.0736 e. The second-order valence-corrected chi connectivity index (χ2v) is 14.3. The Morgan fingerprint density at radius 3 is 1.96 bits per heavy atom. The van der Waals surface area contributed by atoms with Gasteiger partial charge in [0, 0.05) is 31.0 Å². The summed E-state index contributed by atoms with van der Waals surface area (Å²) in [5, 5.41) is 6.48. The number of anilines is 2. The molecule has 1 aliphatic carbocycles. The van der Waals surface area contributed by atoms with Gasteiger partial charge in [-0.25, -0.2) is 0 Å². The third-order valence-corrected chi connectivity index (χ3v) is 12.1. The SMILES string of the molecule is c1ccc(-c2ccc3c(c2)sc2c(Nc4ccc5c(c4)C4(c6ccccc6S5)c5ccccc5-c5ccccc54)cccc23)cc1. The lowest BCUT2D eigenvalue weighted by molar-refractivity contribution is 0.723. The molecule has 0 unspecified atom stereocenters. The van der Waals surface area contributed by atoms with Crippen molar-refractivity contribution in [2.24, 2.45) is 0 Å². The van der Waals surface area contributed by atoms with Gasteiger partial charge < -0.3 is 5.32 Å². The third-order valence-electron chi connectivity index (χ3n) is 9.73. The van der Waals surface area contributed by atoms with Gasteiger partial charge in [-0.05, 0) is 80.9 Å². The maximum absolute atomic E-state index is 3.88. The van der Waals surface area contributed by atoms with Crippen LogP contribution in [0, 0.1) is 0 Å². The molecule has 1 aliphatic heterocycles. The van der Waals surface area contributed by atoms with Crippen molar-refractivity contribution in [2.45, 2.75) is 15.2 Å². The first-order valence-corrected chi connectivity index (χ1v) is 17.3. The molecule has 8 aromatic rings. The van der Waals surface area contributed by atoms with E-state index in [1.165, 1.54) is 74.5 Å². The van der Waals surface area contributed by atoms with Crippen LogP contribution >= 0.6 is 23.1 Å². The van der Waals surface area contributed by atoms with E-state index in [1.807, 2.05) is 23.1 Å². The standard InChI is InChI=1S/C43H27NS2/c1-2-11-27(12-3-1)28-21-23-32-33-15-10-19-38(42(33)46-41(32)25-28)44-29-22-24-40-37(26-29)43(36-18-8-9-20-39(36)45-40)34-16-6-4-13-30(34)31-14-5-7-17-35(31)43/h1-26,44H. The average Bonchev–Trinajstić information content (AvgIpc) is 3.64. The van der Waals surface area contributed by atoms with Crippen LogP contribution in [0.5, 0.6) is 0 Å². The zero-order chi connectivity index (χ0) is 30.2. The molecule has 0 atom stereocenters. The van der Waals surface area contributed by atoms with E-state index in [1.54, 1.807) is 0 Å². The summed E-state index contributed by atoms with van der Waals surface area (Å²) in [7, 11) is 0. The van der Waals surface area contributed by atoms with Crippen molar-refractivity contribution in [3.8, 4) is 22.3 Å². The molecule has 7 aromatic carbocycles. The van der Waals surface area contributed by atoms with Crippen molar-refractivity contribution in [3.63, 3.8) is 0 Å². The van der Waals surface area contributed by atoms with E-state index in [9.17, 15) is 0 Å². The molecule has 46 heavy (non-hydrogen) atoms. The Morgan fingerprint density at radius 1 is 0.457 bits per heavy atom. The van der Waals surface area contributed by atoms with E-state index >= 15 is 0 Å². The summed E-state index contributed by atoms with van der Waals surface area (Å²) >= 11 is 3.76. The topological polar surface area (TPSA) is 12.0 Å². The molecule has 1 aromatic heterocycles. The molecular formula is C43H27NS2. The second kappa shape index (κ2) is 9.95. The van der Waals surface area contributed by atoms with Crippen molar-refractivity contribution >= 4 is 54.6 Å². The molecule has 0 saturated heterocycles. The molecule has 10 rings (SSSR count). The number of fused-ring (bicyclic) bond motifs is 12. The number of hydrogen-bond donors (Lipinski definition) is 1. The van der Waals surface area contributed by atoms with Crippen LogP contribution in [0.25, 0.3) is 42.4 Å². The van der Waals surface area contributed by atoms with E-state index in [0.717, 1.165) is 11.4 Å². The molecule has 1 spiro atoms. The molecule has 0 amide bonds. The summed E-state index contributed by atoms with van der Waals surface area (Å²) in [4.78, 5) is 2.64. The Labute approximate surface area is 276 Å². The Morgan fingerprint density at radius 2 is 1.15 bits per heavy atom. The largest absolute Gasteiger partial charge is 0.354 e. The zero-order valence-corrected chi connectivity index (χ0v) is 26.5. The highest BCUT2D eigenvalue weighted by Crippen LogP contribution is 2.62. The fourth-order valence-electron chi connectivity index (χ4n) is 7.80. The molecule has 0 radical (unpaired) electrons. The lowest BCUT2D eigenvalue weighted by atomic mass is 9.67. The summed E-state index contributed by atoms with van der Waals surface area (Å²) in [5.74, 6) is 0. The molecule has 1 nitrogen and oxygen atoms in total. The third kappa shape index (κ3) is 3.64. The van der Waals surface area contributed by atoms with Crippen LogP contribution in [-0.2, 0) is 5.41 Å². The highest BCUT2D eigenvalue weighted by Gasteiger charge is 2.50. The van der Waals surface area contributed by atoms with Crippen LogP contribution in [0.15, 0.2) is 168 Å². The molecule has 3 heteroatoms. The predicted molar refractivity (Wildman–Crippen MR) is 196 cm³/mol. The Hall–Kier alpha value is -5.09. The normalized spacial score (nSPS) is 13.7. The van der Waals surface area contributed by atoms with Gasteiger partial charge >= 0.3 is 0 Å². The number of thiophene rings is 1. The molecule has 216 valence electrons. The van der Waals surface area contributed by atoms with E-state index < -0.39 is 0 Å². The van der Waals surface area contributed by atoms with E-state index in [2.05, 4.69) is 163 Å². The smallest absolute Gasteiger partial charge is 0.0736 e. The monoisotopic (exact) mass is 621 g/mol. The van der Waals surface area contributed by atoms with Gasteiger partial charge in [-0.1, -0.05) is 133 Å². The quantitative estimate of drug-likeness (QED) is 0.211. The van der Waals surface area contributed by atoms with Gasteiger partial charge in [0.15, 0.2) is 0 Å². The maximum atomic E-state index is 3.88. The van der Waals surface area contributed by atoms with Crippen molar-refractivity contribution in [1.82, 2.24) is 0 Å².